The first-order chi connectivity index (χ1) is 10.1. The minimum Gasteiger partial charge on any atom is -0.482 e. The molecular formula is C16H17BrClNOS. The highest BCUT2D eigenvalue weighted by Gasteiger charge is 2.28. The Morgan fingerprint density at radius 3 is 3.05 bits per heavy atom. The Bertz CT molecular complexity index is 658. The summed E-state index contributed by atoms with van der Waals surface area (Å²) in [7, 11) is 0. The van der Waals surface area contributed by atoms with E-state index in [-0.39, 0.29) is 6.10 Å². The molecule has 0 spiro atoms. The van der Waals surface area contributed by atoms with Crippen LogP contribution in [0.1, 0.15) is 28.3 Å². The molecule has 0 saturated heterocycles. The van der Waals surface area contributed by atoms with Crippen molar-refractivity contribution in [3.05, 3.63) is 49.1 Å². The van der Waals surface area contributed by atoms with Crippen LogP contribution < -0.4 is 4.74 Å². The van der Waals surface area contributed by atoms with Gasteiger partial charge in [0.2, 0.25) is 0 Å². The molecule has 21 heavy (non-hydrogen) atoms. The minimum atomic E-state index is 0.0548. The van der Waals surface area contributed by atoms with Crippen LogP contribution >= 0.6 is 38.9 Å². The van der Waals surface area contributed by atoms with Gasteiger partial charge in [0.05, 0.1) is 9.90 Å². The van der Waals surface area contributed by atoms with E-state index >= 15 is 0 Å². The van der Waals surface area contributed by atoms with Gasteiger partial charge in [0.25, 0.3) is 0 Å². The quantitative estimate of drug-likeness (QED) is 0.697. The van der Waals surface area contributed by atoms with Crippen LogP contribution in [0.2, 0.25) is 5.02 Å². The highest BCUT2D eigenvalue weighted by atomic mass is 79.9. The third-order valence-corrected chi connectivity index (χ3v) is 6.17. The molecule has 3 rings (SSSR count). The van der Waals surface area contributed by atoms with Gasteiger partial charge in [0.15, 0.2) is 0 Å². The van der Waals surface area contributed by atoms with E-state index in [0.29, 0.717) is 5.02 Å². The molecule has 1 unspecified atom stereocenters. The van der Waals surface area contributed by atoms with Crippen LogP contribution in [-0.2, 0) is 6.54 Å². The third kappa shape index (κ3) is 3.14. The molecule has 0 bridgehead atoms. The van der Waals surface area contributed by atoms with Gasteiger partial charge < -0.3 is 4.74 Å². The summed E-state index contributed by atoms with van der Waals surface area (Å²) in [6.45, 7) is 7.30. The maximum Gasteiger partial charge on any atom is 0.146 e. The zero-order valence-electron chi connectivity index (χ0n) is 12.0. The smallest absolute Gasteiger partial charge is 0.146 e. The van der Waals surface area contributed by atoms with E-state index in [2.05, 4.69) is 40.7 Å². The van der Waals surface area contributed by atoms with E-state index in [0.717, 1.165) is 29.9 Å². The molecule has 0 amide bonds. The van der Waals surface area contributed by atoms with Crippen LogP contribution in [0.3, 0.4) is 0 Å². The molecule has 2 aromatic rings. The number of hydrogen-bond acceptors (Lipinski definition) is 3. The Balaban J connectivity index is 1.92. The average Bonchev–Trinajstić information content (AvgIpc) is 2.84. The fourth-order valence-electron chi connectivity index (χ4n) is 2.66. The summed E-state index contributed by atoms with van der Waals surface area (Å²) in [6, 6.07) is 8.08. The summed E-state index contributed by atoms with van der Waals surface area (Å²) < 4.78 is 7.11. The predicted molar refractivity (Wildman–Crippen MR) is 92.5 cm³/mol. The van der Waals surface area contributed by atoms with Crippen LogP contribution in [0, 0.1) is 6.92 Å². The Hall–Kier alpha value is -0.550. The van der Waals surface area contributed by atoms with Crippen LogP contribution in [0.25, 0.3) is 0 Å². The van der Waals surface area contributed by atoms with Gasteiger partial charge in [0.1, 0.15) is 11.9 Å². The highest BCUT2D eigenvalue weighted by molar-refractivity contribution is 9.10. The molecule has 1 aromatic heterocycles. The van der Waals surface area contributed by atoms with E-state index in [4.69, 9.17) is 16.3 Å². The summed E-state index contributed by atoms with van der Waals surface area (Å²) in [5.74, 6) is 0.742. The number of fused-ring (bicyclic) bond motifs is 1. The summed E-state index contributed by atoms with van der Waals surface area (Å²) >= 11 is 11.6. The number of ether oxygens (including phenoxy) is 1. The molecule has 0 radical (unpaired) electrons. The zero-order chi connectivity index (χ0) is 15.0. The Labute approximate surface area is 142 Å². The van der Waals surface area contributed by atoms with E-state index in [9.17, 15) is 0 Å². The summed E-state index contributed by atoms with van der Waals surface area (Å²) in [6.07, 6.45) is 0.0548. The topological polar surface area (TPSA) is 12.5 Å². The van der Waals surface area contributed by atoms with Crippen LogP contribution in [-0.4, -0.2) is 18.0 Å². The van der Waals surface area contributed by atoms with Crippen molar-refractivity contribution in [2.75, 3.05) is 13.1 Å². The van der Waals surface area contributed by atoms with Crippen molar-refractivity contribution in [1.29, 1.82) is 0 Å². The second-order valence-corrected chi connectivity index (χ2v) is 7.75. The molecule has 2 heterocycles. The molecule has 1 atom stereocenters. The number of nitrogens with zero attached hydrogens (tertiary/aromatic N) is 1. The average molecular weight is 387 g/mol. The summed E-state index contributed by atoms with van der Waals surface area (Å²) in [5, 5.41) is 0.640. The maximum atomic E-state index is 6.33. The number of aryl methyl sites for hydroxylation is 1. The largest absolute Gasteiger partial charge is 0.482 e. The van der Waals surface area contributed by atoms with Gasteiger partial charge in [0, 0.05) is 22.4 Å². The predicted octanol–water partition coefficient (Wildman–Crippen LogP) is 5.43. The molecule has 1 aromatic carbocycles. The zero-order valence-corrected chi connectivity index (χ0v) is 15.2. The molecule has 2 nitrogen and oxygen atoms in total. The van der Waals surface area contributed by atoms with E-state index in [1.807, 2.05) is 29.5 Å². The normalized spacial score (nSPS) is 18.6. The van der Waals surface area contributed by atoms with E-state index < -0.39 is 0 Å². The molecule has 112 valence electrons. The molecule has 0 saturated carbocycles. The number of likely N-dealkylation sites (N-methyl/N-ethyl adjacent to an activating group) is 1. The summed E-state index contributed by atoms with van der Waals surface area (Å²) in [5.41, 5.74) is 1.39. The lowest BCUT2D eigenvalue weighted by Gasteiger charge is -2.32. The van der Waals surface area contributed by atoms with Crippen molar-refractivity contribution in [2.45, 2.75) is 26.5 Å². The van der Waals surface area contributed by atoms with Crippen molar-refractivity contribution in [2.24, 2.45) is 0 Å². The molecule has 0 aliphatic carbocycles. The Morgan fingerprint density at radius 1 is 1.48 bits per heavy atom. The van der Waals surface area contributed by atoms with Crippen molar-refractivity contribution < 1.29 is 4.74 Å². The third-order valence-electron chi connectivity index (χ3n) is 3.71. The summed E-state index contributed by atoms with van der Waals surface area (Å²) in [4.78, 5) is 5.09. The van der Waals surface area contributed by atoms with Gasteiger partial charge in [-0.15, -0.1) is 11.3 Å². The van der Waals surface area contributed by atoms with Gasteiger partial charge in [-0.3, -0.25) is 4.90 Å². The first-order valence-electron chi connectivity index (χ1n) is 7.00. The van der Waals surface area contributed by atoms with Crippen molar-refractivity contribution in [3.63, 3.8) is 0 Å². The van der Waals surface area contributed by atoms with Gasteiger partial charge in [-0.05, 0) is 53.2 Å². The molecule has 0 fully saturated rings. The van der Waals surface area contributed by atoms with Crippen molar-refractivity contribution in [1.82, 2.24) is 4.90 Å². The minimum absolute atomic E-state index is 0.0548. The van der Waals surface area contributed by atoms with Crippen LogP contribution in [0.5, 0.6) is 5.75 Å². The highest BCUT2D eigenvalue weighted by Crippen LogP contribution is 2.39. The molecule has 1 aliphatic heterocycles. The van der Waals surface area contributed by atoms with Gasteiger partial charge in [-0.2, -0.15) is 0 Å². The Kier molecular flexibility index (Phi) is 4.60. The van der Waals surface area contributed by atoms with Gasteiger partial charge in [-0.25, -0.2) is 0 Å². The first kappa shape index (κ1) is 15.3. The van der Waals surface area contributed by atoms with E-state index in [1.165, 1.54) is 15.3 Å². The monoisotopic (exact) mass is 385 g/mol. The lowest BCUT2D eigenvalue weighted by Crippen LogP contribution is -2.34. The second-order valence-electron chi connectivity index (χ2n) is 5.23. The Morgan fingerprint density at radius 2 is 2.29 bits per heavy atom. The van der Waals surface area contributed by atoms with Crippen LogP contribution in [0.4, 0.5) is 0 Å². The van der Waals surface area contributed by atoms with Crippen LogP contribution in [0.15, 0.2) is 28.7 Å². The maximum absolute atomic E-state index is 6.33. The van der Waals surface area contributed by atoms with E-state index in [1.54, 1.807) is 0 Å². The lowest BCUT2D eigenvalue weighted by atomic mass is 10.1. The number of halogens is 2. The fraction of sp³-hybridized carbons (Fsp3) is 0.375. The SMILES string of the molecule is CCN1Cc2cc(C)sc2C(Oc2cccc(Br)c2Cl)C1. The van der Waals surface area contributed by atoms with Gasteiger partial charge in [-0.1, -0.05) is 24.6 Å². The fourth-order valence-corrected chi connectivity index (χ4v) is 4.24. The lowest BCUT2D eigenvalue weighted by molar-refractivity contribution is 0.119. The number of hydrogen-bond donors (Lipinski definition) is 0. The number of thiophene rings is 1. The van der Waals surface area contributed by atoms with Crippen molar-refractivity contribution in [3.8, 4) is 5.75 Å². The number of rotatable bonds is 3. The van der Waals surface area contributed by atoms with Crippen molar-refractivity contribution >= 4 is 38.9 Å². The molecule has 0 N–H and O–H groups in total. The number of benzene rings is 1. The molecule has 5 heteroatoms. The second kappa shape index (κ2) is 6.29. The van der Waals surface area contributed by atoms with Gasteiger partial charge >= 0.3 is 0 Å². The standard InChI is InChI=1S/C16H17BrClNOS/c1-3-19-8-11-7-10(2)21-16(11)14(9-19)20-13-6-4-5-12(17)15(13)18/h4-7,14H,3,8-9H2,1-2H3. The molecular weight excluding hydrogens is 370 g/mol. The first-order valence-corrected chi connectivity index (χ1v) is 8.99. The molecule has 1 aliphatic rings.